The van der Waals surface area contributed by atoms with Gasteiger partial charge in [-0.1, -0.05) is 23.9 Å². The molecule has 1 aliphatic heterocycles. The Hall–Kier alpha value is -2.28. The Morgan fingerprint density at radius 1 is 1.09 bits per heavy atom. The van der Waals surface area contributed by atoms with Gasteiger partial charge in [-0.3, -0.25) is 4.79 Å². The van der Waals surface area contributed by atoms with E-state index in [-0.39, 0.29) is 5.91 Å². The zero-order chi connectivity index (χ0) is 16.2. The van der Waals surface area contributed by atoms with Crippen LogP contribution in [0.4, 0.5) is 11.6 Å². The normalized spacial score (nSPS) is 14.2. The molecule has 0 radical (unpaired) electrons. The van der Waals surface area contributed by atoms with E-state index < -0.39 is 0 Å². The van der Waals surface area contributed by atoms with Gasteiger partial charge in [-0.2, -0.15) is 0 Å². The summed E-state index contributed by atoms with van der Waals surface area (Å²) < 4.78 is 0. The number of carbonyl (C=O) groups excluding carboxylic acids is 1. The highest BCUT2D eigenvalue weighted by atomic mass is 32.2. The molecule has 0 unspecified atom stereocenters. The van der Waals surface area contributed by atoms with Crippen LogP contribution < -0.4 is 11.5 Å². The van der Waals surface area contributed by atoms with Crippen LogP contribution in [0.5, 0.6) is 0 Å². The lowest BCUT2D eigenvalue weighted by atomic mass is 10.1. The van der Waals surface area contributed by atoms with Crippen LogP contribution in [0.3, 0.4) is 0 Å². The predicted octanol–water partition coefficient (Wildman–Crippen LogP) is 2.17. The number of carbonyl (C=O) groups is 1. The zero-order valence-corrected chi connectivity index (χ0v) is 13.6. The lowest BCUT2D eigenvalue weighted by Crippen LogP contribution is -2.27. The third kappa shape index (κ3) is 3.92. The number of amides is 1. The van der Waals surface area contributed by atoms with E-state index in [0.29, 0.717) is 22.5 Å². The number of nitrogen functional groups attached to an aromatic ring is 2. The van der Waals surface area contributed by atoms with Gasteiger partial charge in [-0.05, 0) is 30.5 Å². The predicted molar refractivity (Wildman–Crippen MR) is 92.0 cm³/mol. The summed E-state index contributed by atoms with van der Waals surface area (Å²) in [6.07, 6.45) is 2.20. The first-order chi connectivity index (χ1) is 11.1. The van der Waals surface area contributed by atoms with E-state index in [0.717, 1.165) is 37.1 Å². The smallest absolute Gasteiger partial charge is 0.253 e. The maximum Gasteiger partial charge on any atom is 0.253 e. The molecule has 6 nitrogen and oxygen atoms in total. The fraction of sp³-hybridized carbons (Fsp3) is 0.312. The van der Waals surface area contributed by atoms with Crippen molar-refractivity contribution in [1.82, 2.24) is 14.9 Å². The van der Waals surface area contributed by atoms with E-state index >= 15 is 0 Å². The molecule has 4 N–H and O–H groups in total. The molecule has 0 atom stereocenters. The maximum absolute atomic E-state index is 12.3. The fourth-order valence-corrected chi connectivity index (χ4v) is 3.35. The molecule has 1 amide bonds. The van der Waals surface area contributed by atoms with Gasteiger partial charge in [-0.15, -0.1) is 0 Å². The van der Waals surface area contributed by atoms with Crippen molar-refractivity contribution in [3.05, 3.63) is 41.5 Å². The number of aromatic nitrogens is 2. The summed E-state index contributed by atoms with van der Waals surface area (Å²) in [5.74, 6) is 1.55. The number of thioether (sulfide) groups is 1. The van der Waals surface area contributed by atoms with Crippen molar-refractivity contribution in [3.63, 3.8) is 0 Å². The molecule has 0 saturated carbocycles. The van der Waals surface area contributed by atoms with Gasteiger partial charge in [0.2, 0.25) is 0 Å². The third-order valence-corrected chi connectivity index (χ3v) is 4.63. The van der Waals surface area contributed by atoms with Crippen molar-refractivity contribution in [3.8, 4) is 0 Å². The standard InChI is InChI=1S/C16H19N5OS/c17-13-9-14(18)20-16(19-13)23-10-11-3-5-12(6-4-11)15(22)21-7-1-2-8-21/h3-6,9H,1-2,7-8,10H2,(H4,17,18,19,20). The Labute approximate surface area is 139 Å². The average molecular weight is 329 g/mol. The van der Waals surface area contributed by atoms with Crippen molar-refractivity contribution >= 4 is 29.3 Å². The van der Waals surface area contributed by atoms with Crippen molar-refractivity contribution in [2.24, 2.45) is 0 Å². The molecular weight excluding hydrogens is 310 g/mol. The van der Waals surface area contributed by atoms with Crippen LogP contribution in [0.2, 0.25) is 0 Å². The molecule has 1 saturated heterocycles. The van der Waals surface area contributed by atoms with Crippen LogP contribution in [0, 0.1) is 0 Å². The minimum absolute atomic E-state index is 0.119. The van der Waals surface area contributed by atoms with Crippen LogP contribution in [-0.4, -0.2) is 33.9 Å². The summed E-state index contributed by atoms with van der Waals surface area (Å²) in [6, 6.07) is 9.22. The number of likely N-dealkylation sites (tertiary alicyclic amines) is 1. The van der Waals surface area contributed by atoms with E-state index in [9.17, 15) is 4.79 Å². The minimum atomic E-state index is 0.119. The molecule has 7 heteroatoms. The van der Waals surface area contributed by atoms with Gasteiger partial charge in [0, 0.05) is 30.5 Å². The van der Waals surface area contributed by atoms with Gasteiger partial charge in [-0.25, -0.2) is 9.97 Å². The molecule has 23 heavy (non-hydrogen) atoms. The highest BCUT2D eigenvalue weighted by Crippen LogP contribution is 2.22. The maximum atomic E-state index is 12.3. The fourth-order valence-electron chi connectivity index (χ4n) is 2.52. The summed E-state index contributed by atoms with van der Waals surface area (Å²) in [5.41, 5.74) is 13.1. The van der Waals surface area contributed by atoms with Crippen molar-refractivity contribution in [1.29, 1.82) is 0 Å². The number of hydrogen-bond donors (Lipinski definition) is 2. The van der Waals surface area contributed by atoms with E-state index in [1.807, 2.05) is 29.2 Å². The van der Waals surface area contributed by atoms with Gasteiger partial charge in [0.25, 0.3) is 5.91 Å². The van der Waals surface area contributed by atoms with Crippen molar-refractivity contribution in [2.75, 3.05) is 24.6 Å². The molecule has 1 aliphatic rings. The van der Waals surface area contributed by atoms with Crippen molar-refractivity contribution < 1.29 is 4.79 Å². The molecule has 2 heterocycles. The molecule has 0 aliphatic carbocycles. The summed E-state index contributed by atoms with van der Waals surface area (Å²) in [4.78, 5) is 22.5. The van der Waals surface area contributed by atoms with Crippen LogP contribution in [0.15, 0.2) is 35.5 Å². The van der Waals surface area contributed by atoms with Gasteiger partial charge >= 0.3 is 0 Å². The second kappa shape index (κ2) is 6.87. The molecule has 0 spiro atoms. The number of rotatable bonds is 4. The Kier molecular flexibility index (Phi) is 4.66. The highest BCUT2D eigenvalue weighted by Gasteiger charge is 2.19. The molecule has 0 bridgehead atoms. The summed E-state index contributed by atoms with van der Waals surface area (Å²) in [5, 5.41) is 0.555. The lowest BCUT2D eigenvalue weighted by Gasteiger charge is -2.15. The van der Waals surface area contributed by atoms with E-state index in [1.165, 1.54) is 17.8 Å². The first-order valence-electron chi connectivity index (χ1n) is 7.53. The number of nitrogens with zero attached hydrogens (tertiary/aromatic N) is 3. The summed E-state index contributed by atoms with van der Waals surface area (Å²) in [7, 11) is 0. The van der Waals surface area contributed by atoms with E-state index in [4.69, 9.17) is 11.5 Å². The van der Waals surface area contributed by atoms with Crippen LogP contribution in [-0.2, 0) is 5.75 Å². The molecule has 1 aromatic carbocycles. The average Bonchev–Trinajstić information content (AvgIpc) is 3.06. The zero-order valence-electron chi connectivity index (χ0n) is 12.7. The first kappa shape index (κ1) is 15.6. The summed E-state index contributed by atoms with van der Waals surface area (Å²) in [6.45, 7) is 1.73. The van der Waals surface area contributed by atoms with Crippen LogP contribution in [0.1, 0.15) is 28.8 Å². The third-order valence-electron chi connectivity index (χ3n) is 3.71. The SMILES string of the molecule is Nc1cc(N)nc(SCc2ccc(C(=O)N3CCCC3)cc2)n1. The van der Waals surface area contributed by atoms with E-state index in [2.05, 4.69) is 9.97 Å². The Bertz CT molecular complexity index is 678. The summed E-state index contributed by atoms with van der Waals surface area (Å²) >= 11 is 1.46. The Morgan fingerprint density at radius 2 is 1.70 bits per heavy atom. The van der Waals surface area contributed by atoms with Gasteiger partial charge in [0.15, 0.2) is 5.16 Å². The largest absolute Gasteiger partial charge is 0.383 e. The Balaban J connectivity index is 1.62. The van der Waals surface area contributed by atoms with Crippen LogP contribution in [0.25, 0.3) is 0 Å². The lowest BCUT2D eigenvalue weighted by molar-refractivity contribution is 0.0793. The monoisotopic (exact) mass is 329 g/mol. The topological polar surface area (TPSA) is 98.1 Å². The second-order valence-electron chi connectivity index (χ2n) is 5.49. The molecule has 120 valence electrons. The number of nitrogens with two attached hydrogens (primary N) is 2. The first-order valence-corrected chi connectivity index (χ1v) is 8.51. The second-order valence-corrected chi connectivity index (χ2v) is 6.43. The molecule has 1 aromatic heterocycles. The number of hydrogen-bond acceptors (Lipinski definition) is 6. The van der Waals surface area contributed by atoms with E-state index in [1.54, 1.807) is 0 Å². The number of anilines is 2. The van der Waals surface area contributed by atoms with Gasteiger partial charge in [0.05, 0.1) is 0 Å². The van der Waals surface area contributed by atoms with Gasteiger partial charge < -0.3 is 16.4 Å². The quantitative estimate of drug-likeness (QED) is 0.659. The molecule has 3 rings (SSSR count). The Morgan fingerprint density at radius 3 is 2.30 bits per heavy atom. The number of benzene rings is 1. The van der Waals surface area contributed by atoms with Crippen molar-refractivity contribution in [2.45, 2.75) is 23.8 Å². The molecule has 1 fully saturated rings. The highest BCUT2D eigenvalue weighted by molar-refractivity contribution is 7.98. The van der Waals surface area contributed by atoms with Gasteiger partial charge in [0.1, 0.15) is 11.6 Å². The molecular formula is C16H19N5OS. The minimum Gasteiger partial charge on any atom is -0.383 e. The molecule has 2 aromatic rings. The van der Waals surface area contributed by atoms with Crippen LogP contribution >= 0.6 is 11.8 Å².